The zero-order valence-corrected chi connectivity index (χ0v) is 13.5. The maximum Gasteiger partial charge on any atom is 0.274 e. The standard InChI is InChI=1S/C13H19N7O2S/c1-17-12-11(5-15)18-6-10(4-14)13(12)20-7-9(8-20)2-3-19-23(16,21)22/h5-6,9,15,17,19H,2-3,7-8H2,1H3,(H2,16,21,22). The third-order valence-electron chi connectivity index (χ3n) is 3.72. The molecular formula is C13H19N7O2S. The fourth-order valence-electron chi connectivity index (χ4n) is 2.62. The molecule has 1 aromatic rings. The highest BCUT2D eigenvalue weighted by molar-refractivity contribution is 7.87. The Hall–Kier alpha value is -2.22. The molecule has 1 saturated heterocycles. The average molecular weight is 337 g/mol. The van der Waals surface area contributed by atoms with Gasteiger partial charge in [0, 0.05) is 39.1 Å². The van der Waals surface area contributed by atoms with Crippen LogP contribution in [0.3, 0.4) is 0 Å². The molecule has 0 radical (unpaired) electrons. The van der Waals surface area contributed by atoms with Crippen molar-refractivity contribution in [2.24, 2.45) is 11.1 Å². The second kappa shape index (κ2) is 6.91. The summed E-state index contributed by atoms with van der Waals surface area (Å²) >= 11 is 0. The molecule has 0 aliphatic carbocycles. The summed E-state index contributed by atoms with van der Waals surface area (Å²) in [4.78, 5) is 6.12. The van der Waals surface area contributed by atoms with Crippen molar-refractivity contribution in [3.63, 3.8) is 0 Å². The molecular weight excluding hydrogens is 318 g/mol. The lowest BCUT2D eigenvalue weighted by molar-refractivity contribution is 0.384. The van der Waals surface area contributed by atoms with E-state index in [1.54, 1.807) is 7.05 Å². The molecule has 23 heavy (non-hydrogen) atoms. The monoisotopic (exact) mass is 337 g/mol. The summed E-state index contributed by atoms with van der Waals surface area (Å²) in [7, 11) is -1.93. The van der Waals surface area contributed by atoms with Crippen LogP contribution in [-0.4, -0.2) is 46.3 Å². The quantitative estimate of drug-likeness (QED) is 0.498. The number of nitrogens with two attached hydrogens (primary N) is 1. The van der Waals surface area contributed by atoms with Crippen LogP contribution in [0.15, 0.2) is 6.20 Å². The molecule has 0 amide bonds. The second-order valence-electron chi connectivity index (χ2n) is 5.29. The topological polar surface area (TPSA) is 148 Å². The molecule has 0 bridgehead atoms. The number of hydrogen-bond acceptors (Lipinski definition) is 7. The SMILES string of the molecule is CNc1c(C=N)ncc(C#N)c1N1CC(CCNS(N)(=O)=O)C1. The van der Waals surface area contributed by atoms with E-state index >= 15 is 0 Å². The summed E-state index contributed by atoms with van der Waals surface area (Å²) in [5.41, 5.74) is 2.31. The smallest absolute Gasteiger partial charge is 0.274 e. The Balaban J connectivity index is 2.07. The molecule has 1 fully saturated rings. The van der Waals surface area contributed by atoms with Gasteiger partial charge in [-0.3, -0.25) is 4.98 Å². The van der Waals surface area contributed by atoms with E-state index in [1.807, 2.05) is 4.90 Å². The second-order valence-corrected chi connectivity index (χ2v) is 6.66. The summed E-state index contributed by atoms with van der Waals surface area (Å²) in [6.07, 6.45) is 3.28. The molecule has 1 aromatic heterocycles. The maximum atomic E-state index is 10.8. The number of aromatic nitrogens is 1. The molecule has 2 rings (SSSR count). The predicted octanol–water partition coefficient (Wildman–Crippen LogP) is -0.388. The Morgan fingerprint density at radius 1 is 1.61 bits per heavy atom. The van der Waals surface area contributed by atoms with Crippen LogP contribution < -0.4 is 20.1 Å². The van der Waals surface area contributed by atoms with Gasteiger partial charge in [0.05, 0.1) is 16.9 Å². The van der Waals surface area contributed by atoms with Gasteiger partial charge in [-0.05, 0) is 12.3 Å². The van der Waals surface area contributed by atoms with Crippen LogP contribution in [-0.2, 0) is 10.2 Å². The van der Waals surface area contributed by atoms with Gasteiger partial charge < -0.3 is 15.6 Å². The highest BCUT2D eigenvalue weighted by Gasteiger charge is 2.31. The lowest BCUT2D eigenvalue weighted by atomic mass is 9.94. The number of nitriles is 1. The molecule has 0 unspecified atom stereocenters. The van der Waals surface area contributed by atoms with Gasteiger partial charge in [0.2, 0.25) is 0 Å². The first-order valence-electron chi connectivity index (χ1n) is 7.03. The van der Waals surface area contributed by atoms with Gasteiger partial charge in [0.1, 0.15) is 11.8 Å². The lowest BCUT2D eigenvalue weighted by Gasteiger charge is -2.42. The van der Waals surface area contributed by atoms with Crippen molar-refractivity contribution >= 4 is 27.8 Å². The molecule has 5 N–H and O–H groups in total. The minimum Gasteiger partial charge on any atom is -0.385 e. The average Bonchev–Trinajstić information content (AvgIpc) is 2.47. The molecule has 0 atom stereocenters. The van der Waals surface area contributed by atoms with Crippen LogP contribution >= 0.6 is 0 Å². The third-order valence-corrected chi connectivity index (χ3v) is 4.32. The molecule has 2 heterocycles. The molecule has 124 valence electrons. The van der Waals surface area contributed by atoms with Gasteiger partial charge in [-0.2, -0.15) is 13.7 Å². The first-order chi connectivity index (χ1) is 10.9. The van der Waals surface area contributed by atoms with Crippen molar-refractivity contribution in [3.8, 4) is 6.07 Å². The number of pyridine rings is 1. The number of hydrogen-bond donors (Lipinski definition) is 4. The lowest BCUT2D eigenvalue weighted by Crippen LogP contribution is -2.48. The van der Waals surface area contributed by atoms with E-state index in [-0.39, 0.29) is 0 Å². The molecule has 1 aliphatic rings. The van der Waals surface area contributed by atoms with E-state index in [0.717, 1.165) is 11.9 Å². The van der Waals surface area contributed by atoms with Crippen molar-refractivity contribution < 1.29 is 8.42 Å². The van der Waals surface area contributed by atoms with Gasteiger partial charge in [0.15, 0.2) is 0 Å². The molecule has 0 aromatic carbocycles. The zero-order chi connectivity index (χ0) is 17.0. The van der Waals surface area contributed by atoms with Crippen LogP contribution in [0.1, 0.15) is 17.7 Å². The summed E-state index contributed by atoms with van der Waals surface area (Å²) in [5.74, 6) is 0.317. The van der Waals surface area contributed by atoms with E-state index < -0.39 is 10.2 Å². The van der Waals surface area contributed by atoms with Crippen LogP contribution in [0.4, 0.5) is 11.4 Å². The fraction of sp³-hybridized carbons (Fsp3) is 0.462. The number of rotatable bonds is 7. The Labute approximate surface area is 135 Å². The van der Waals surface area contributed by atoms with Crippen LogP contribution in [0, 0.1) is 22.7 Å². The third kappa shape index (κ3) is 3.95. The van der Waals surface area contributed by atoms with Crippen molar-refractivity contribution in [1.82, 2.24) is 9.71 Å². The normalized spacial score (nSPS) is 14.9. The van der Waals surface area contributed by atoms with Crippen LogP contribution in [0.2, 0.25) is 0 Å². The Morgan fingerprint density at radius 3 is 2.83 bits per heavy atom. The van der Waals surface area contributed by atoms with Crippen molar-refractivity contribution in [2.45, 2.75) is 6.42 Å². The summed E-state index contributed by atoms with van der Waals surface area (Å²) < 4.78 is 23.9. The van der Waals surface area contributed by atoms with E-state index in [9.17, 15) is 13.7 Å². The Bertz CT molecular complexity index is 735. The molecule has 10 heteroatoms. The molecule has 0 spiro atoms. The largest absolute Gasteiger partial charge is 0.385 e. The minimum atomic E-state index is -3.65. The Kier molecular flexibility index (Phi) is 5.15. The summed E-state index contributed by atoms with van der Waals surface area (Å²) in [5, 5.41) is 24.6. The van der Waals surface area contributed by atoms with Crippen molar-refractivity contribution in [2.75, 3.05) is 36.9 Å². The van der Waals surface area contributed by atoms with E-state index in [2.05, 4.69) is 21.1 Å². The fourth-order valence-corrected chi connectivity index (χ4v) is 3.02. The maximum absolute atomic E-state index is 10.8. The summed E-state index contributed by atoms with van der Waals surface area (Å²) in [6.45, 7) is 1.71. The van der Waals surface area contributed by atoms with Crippen molar-refractivity contribution in [3.05, 3.63) is 17.5 Å². The van der Waals surface area contributed by atoms with Gasteiger partial charge >= 0.3 is 0 Å². The molecule has 0 saturated carbocycles. The van der Waals surface area contributed by atoms with Gasteiger partial charge in [0.25, 0.3) is 10.2 Å². The van der Waals surface area contributed by atoms with E-state index in [4.69, 9.17) is 10.5 Å². The number of nitrogens with one attached hydrogen (secondary N) is 3. The highest BCUT2D eigenvalue weighted by atomic mass is 32.2. The van der Waals surface area contributed by atoms with E-state index in [1.165, 1.54) is 6.20 Å². The first-order valence-corrected chi connectivity index (χ1v) is 8.58. The van der Waals surface area contributed by atoms with Crippen LogP contribution in [0.25, 0.3) is 0 Å². The molecule has 1 aliphatic heterocycles. The van der Waals surface area contributed by atoms with Gasteiger partial charge in [-0.1, -0.05) is 0 Å². The predicted molar refractivity (Wildman–Crippen MR) is 87.8 cm³/mol. The van der Waals surface area contributed by atoms with Crippen molar-refractivity contribution in [1.29, 1.82) is 10.7 Å². The zero-order valence-electron chi connectivity index (χ0n) is 12.7. The minimum absolute atomic E-state index is 0.295. The highest BCUT2D eigenvalue weighted by Crippen LogP contribution is 2.36. The number of nitrogens with zero attached hydrogens (tertiary/aromatic N) is 3. The number of anilines is 2. The van der Waals surface area contributed by atoms with Gasteiger partial charge in [-0.15, -0.1) is 0 Å². The van der Waals surface area contributed by atoms with Gasteiger partial charge in [-0.25, -0.2) is 9.86 Å². The Morgan fingerprint density at radius 2 is 2.30 bits per heavy atom. The summed E-state index contributed by atoms with van der Waals surface area (Å²) in [6, 6.07) is 2.12. The molecule has 9 nitrogen and oxygen atoms in total. The van der Waals surface area contributed by atoms with Crippen LogP contribution in [0.5, 0.6) is 0 Å². The van der Waals surface area contributed by atoms with E-state index in [0.29, 0.717) is 48.9 Å². The first kappa shape index (κ1) is 17.1.